The zero-order valence-electron chi connectivity index (χ0n) is 10.4. The summed E-state index contributed by atoms with van der Waals surface area (Å²) in [6.45, 7) is 2.78. The van der Waals surface area contributed by atoms with Gasteiger partial charge >= 0.3 is 0 Å². The van der Waals surface area contributed by atoms with Crippen LogP contribution in [-0.2, 0) is 6.42 Å². The maximum Gasteiger partial charge on any atom is 0.101 e. The Bertz CT molecular complexity index is 556. The minimum absolute atomic E-state index is 0.696. The molecule has 0 spiro atoms. The molecule has 1 heterocycles. The zero-order chi connectivity index (χ0) is 12.8. The number of nitrogens with zero attached hydrogens (tertiary/aromatic N) is 2. The summed E-state index contributed by atoms with van der Waals surface area (Å²) in [7, 11) is 0. The highest BCUT2D eigenvalue weighted by Gasteiger charge is 2.01. The largest absolute Gasteiger partial charge is 0.384 e. The van der Waals surface area contributed by atoms with E-state index in [4.69, 9.17) is 5.26 Å². The van der Waals surface area contributed by atoms with E-state index in [1.54, 1.807) is 6.20 Å². The quantitative estimate of drug-likeness (QED) is 0.889. The number of hydrogen-bond donors (Lipinski definition) is 1. The van der Waals surface area contributed by atoms with E-state index >= 15 is 0 Å². The van der Waals surface area contributed by atoms with Crippen molar-refractivity contribution in [3.8, 4) is 6.07 Å². The second kappa shape index (κ2) is 5.83. The molecule has 2 aromatic rings. The number of benzene rings is 1. The third kappa shape index (κ3) is 3.08. The number of pyridine rings is 1. The first-order valence-corrected chi connectivity index (χ1v) is 5.93. The normalized spacial score (nSPS) is 9.78. The molecule has 0 unspecified atom stereocenters. The number of nitrogens with one attached hydrogen (secondary N) is 1. The lowest BCUT2D eigenvalue weighted by molar-refractivity contribution is 1.00. The molecule has 90 valence electrons. The predicted molar refractivity (Wildman–Crippen MR) is 72.3 cm³/mol. The molecule has 0 radical (unpaired) electrons. The van der Waals surface area contributed by atoms with Gasteiger partial charge in [-0.3, -0.25) is 4.98 Å². The standard InChI is InChI=1S/C15H15N3/c1-12-4-5-15(14(9-12)10-16)18-8-6-13-3-2-7-17-11-13/h2-5,7,9,11,18H,6,8H2,1H3. The van der Waals surface area contributed by atoms with E-state index in [0.717, 1.165) is 24.2 Å². The maximum absolute atomic E-state index is 9.06. The van der Waals surface area contributed by atoms with Gasteiger partial charge in [0.25, 0.3) is 0 Å². The molecule has 2 rings (SSSR count). The Hall–Kier alpha value is -2.34. The lowest BCUT2D eigenvalue weighted by Crippen LogP contribution is -2.06. The monoisotopic (exact) mass is 237 g/mol. The van der Waals surface area contributed by atoms with Gasteiger partial charge in [0, 0.05) is 18.9 Å². The lowest BCUT2D eigenvalue weighted by Gasteiger charge is -2.08. The van der Waals surface area contributed by atoms with Gasteiger partial charge in [-0.05, 0) is 42.7 Å². The summed E-state index contributed by atoms with van der Waals surface area (Å²) in [5.74, 6) is 0. The van der Waals surface area contributed by atoms with Crippen molar-refractivity contribution in [2.24, 2.45) is 0 Å². The van der Waals surface area contributed by atoms with Crippen molar-refractivity contribution in [2.45, 2.75) is 13.3 Å². The van der Waals surface area contributed by atoms with Crippen molar-refractivity contribution < 1.29 is 0 Å². The molecule has 0 saturated carbocycles. The van der Waals surface area contributed by atoms with Crippen LogP contribution in [0.25, 0.3) is 0 Å². The van der Waals surface area contributed by atoms with Crippen LogP contribution >= 0.6 is 0 Å². The molecule has 0 atom stereocenters. The highest BCUT2D eigenvalue weighted by molar-refractivity contribution is 5.58. The number of anilines is 1. The number of hydrogen-bond acceptors (Lipinski definition) is 3. The molecule has 1 aromatic heterocycles. The first-order chi connectivity index (χ1) is 8.79. The Morgan fingerprint density at radius 1 is 1.33 bits per heavy atom. The number of aromatic nitrogens is 1. The van der Waals surface area contributed by atoms with Crippen LogP contribution in [0.4, 0.5) is 5.69 Å². The average molecular weight is 237 g/mol. The van der Waals surface area contributed by atoms with Gasteiger partial charge in [0.15, 0.2) is 0 Å². The maximum atomic E-state index is 9.06. The van der Waals surface area contributed by atoms with Gasteiger partial charge in [0.05, 0.1) is 11.3 Å². The average Bonchev–Trinajstić information content (AvgIpc) is 2.41. The molecule has 0 saturated heterocycles. The Balaban J connectivity index is 1.97. The molecular weight excluding hydrogens is 222 g/mol. The molecule has 0 amide bonds. The van der Waals surface area contributed by atoms with E-state index in [1.807, 2.05) is 37.4 Å². The van der Waals surface area contributed by atoms with Crippen molar-refractivity contribution in [3.63, 3.8) is 0 Å². The van der Waals surface area contributed by atoms with Crippen molar-refractivity contribution in [3.05, 3.63) is 59.4 Å². The van der Waals surface area contributed by atoms with Gasteiger partial charge in [-0.1, -0.05) is 12.1 Å². The molecule has 0 aliphatic carbocycles. The molecular formula is C15H15N3. The smallest absolute Gasteiger partial charge is 0.101 e. The SMILES string of the molecule is Cc1ccc(NCCc2cccnc2)c(C#N)c1. The van der Waals surface area contributed by atoms with Crippen LogP contribution in [0.5, 0.6) is 0 Å². The van der Waals surface area contributed by atoms with E-state index in [2.05, 4.69) is 22.4 Å². The number of rotatable bonds is 4. The first-order valence-electron chi connectivity index (χ1n) is 5.93. The van der Waals surface area contributed by atoms with E-state index in [1.165, 1.54) is 5.56 Å². The summed E-state index contributed by atoms with van der Waals surface area (Å²) >= 11 is 0. The highest BCUT2D eigenvalue weighted by Crippen LogP contribution is 2.16. The Morgan fingerprint density at radius 3 is 2.94 bits per heavy atom. The van der Waals surface area contributed by atoms with Gasteiger partial charge in [-0.2, -0.15) is 5.26 Å². The van der Waals surface area contributed by atoms with Gasteiger partial charge < -0.3 is 5.32 Å². The Kier molecular flexibility index (Phi) is 3.93. The first kappa shape index (κ1) is 12.1. The zero-order valence-corrected chi connectivity index (χ0v) is 10.4. The summed E-state index contributed by atoms with van der Waals surface area (Å²) < 4.78 is 0. The van der Waals surface area contributed by atoms with Crippen LogP contribution in [0, 0.1) is 18.3 Å². The molecule has 18 heavy (non-hydrogen) atoms. The predicted octanol–water partition coefficient (Wildman–Crippen LogP) is 2.92. The topological polar surface area (TPSA) is 48.7 Å². The molecule has 0 aliphatic rings. The van der Waals surface area contributed by atoms with Crippen LogP contribution < -0.4 is 5.32 Å². The van der Waals surface area contributed by atoms with Crippen LogP contribution in [0.1, 0.15) is 16.7 Å². The van der Waals surface area contributed by atoms with Gasteiger partial charge in [-0.15, -0.1) is 0 Å². The molecule has 1 aromatic carbocycles. The molecule has 3 heteroatoms. The fraction of sp³-hybridized carbons (Fsp3) is 0.200. The van der Waals surface area contributed by atoms with Crippen LogP contribution in [0.2, 0.25) is 0 Å². The second-order valence-electron chi connectivity index (χ2n) is 4.20. The Morgan fingerprint density at radius 2 is 2.22 bits per heavy atom. The highest BCUT2D eigenvalue weighted by atomic mass is 14.9. The second-order valence-corrected chi connectivity index (χ2v) is 4.20. The Labute approximate surface area is 107 Å². The summed E-state index contributed by atoms with van der Waals surface area (Å²) in [4.78, 5) is 4.08. The van der Waals surface area contributed by atoms with E-state index in [-0.39, 0.29) is 0 Å². The minimum atomic E-state index is 0.696. The van der Waals surface area contributed by atoms with Crippen LogP contribution in [0.3, 0.4) is 0 Å². The summed E-state index contributed by atoms with van der Waals surface area (Å²) in [6, 6.07) is 12.1. The summed E-state index contributed by atoms with van der Waals surface area (Å²) in [6.07, 6.45) is 4.53. The van der Waals surface area contributed by atoms with E-state index in [0.29, 0.717) is 5.56 Å². The van der Waals surface area contributed by atoms with Crippen LogP contribution in [-0.4, -0.2) is 11.5 Å². The number of nitriles is 1. The summed E-state index contributed by atoms with van der Waals surface area (Å²) in [5.41, 5.74) is 3.88. The van der Waals surface area contributed by atoms with Gasteiger partial charge in [-0.25, -0.2) is 0 Å². The van der Waals surface area contributed by atoms with Crippen molar-refractivity contribution >= 4 is 5.69 Å². The third-order valence-electron chi connectivity index (χ3n) is 2.75. The van der Waals surface area contributed by atoms with E-state index in [9.17, 15) is 0 Å². The van der Waals surface area contributed by atoms with Crippen molar-refractivity contribution in [1.29, 1.82) is 5.26 Å². The van der Waals surface area contributed by atoms with E-state index < -0.39 is 0 Å². The molecule has 0 fully saturated rings. The van der Waals surface area contributed by atoms with Crippen molar-refractivity contribution in [1.82, 2.24) is 4.98 Å². The minimum Gasteiger partial charge on any atom is -0.384 e. The molecule has 3 nitrogen and oxygen atoms in total. The molecule has 0 bridgehead atoms. The fourth-order valence-corrected chi connectivity index (χ4v) is 1.79. The van der Waals surface area contributed by atoms with Crippen LogP contribution in [0.15, 0.2) is 42.7 Å². The summed E-state index contributed by atoms with van der Waals surface area (Å²) in [5, 5.41) is 12.3. The number of aryl methyl sites for hydroxylation is 1. The van der Waals surface area contributed by atoms with Gasteiger partial charge in [0.2, 0.25) is 0 Å². The molecule has 1 N–H and O–H groups in total. The third-order valence-corrected chi connectivity index (χ3v) is 2.75. The van der Waals surface area contributed by atoms with Crippen molar-refractivity contribution in [2.75, 3.05) is 11.9 Å². The van der Waals surface area contributed by atoms with Gasteiger partial charge in [0.1, 0.15) is 6.07 Å². The lowest BCUT2D eigenvalue weighted by atomic mass is 10.1. The molecule has 0 aliphatic heterocycles. The fourth-order valence-electron chi connectivity index (χ4n) is 1.79.